The van der Waals surface area contributed by atoms with E-state index in [1.165, 1.54) is 6.92 Å². The first-order valence-corrected chi connectivity index (χ1v) is 17.7. The van der Waals surface area contributed by atoms with Gasteiger partial charge in [0, 0.05) is 54.6 Å². The molecule has 1 saturated heterocycles. The van der Waals surface area contributed by atoms with Gasteiger partial charge in [0.15, 0.2) is 6.29 Å². The van der Waals surface area contributed by atoms with Gasteiger partial charge in [-0.15, -0.1) is 11.8 Å². The Kier molecular flexibility index (Phi) is 13.6. The summed E-state index contributed by atoms with van der Waals surface area (Å²) in [5, 5.41) is 23.8. The molecule has 4 aromatic carbocycles. The Bertz CT molecular complexity index is 1720. The summed E-state index contributed by atoms with van der Waals surface area (Å²) in [5.41, 5.74) is 8.14. The van der Waals surface area contributed by atoms with Crippen molar-refractivity contribution in [3.8, 4) is 11.1 Å². The van der Waals surface area contributed by atoms with Gasteiger partial charge in [-0.3, -0.25) is 19.6 Å². The first kappa shape index (κ1) is 36.8. The summed E-state index contributed by atoms with van der Waals surface area (Å²) in [5.74, 6) is 0.0695. The number of thioether (sulfide) groups is 1. The maximum Gasteiger partial charge on any atom is 0.243 e. The third kappa shape index (κ3) is 11.0. The van der Waals surface area contributed by atoms with Crippen molar-refractivity contribution < 1.29 is 34.2 Å². The molecule has 262 valence electrons. The number of nitrogens with one attached hydrogen (secondary N) is 3. The van der Waals surface area contributed by atoms with Crippen molar-refractivity contribution in [1.82, 2.24) is 10.8 Å². The lowest BCUT2D eigenvalue weighted by Gasteiger charge is -2.36. The van der Waals surface area contributed by atoms with E-state index in [1.54, 1.807) is 17.2 Å². The fourth-order valence-electron chi connectivity index (χ4n) is 5.66. The molecule has 5 N–H and O–H groups in total. The number of hydroxylamine groups is 1. The van der Waals surface area contributed by atoms with Crippen molar-refractivity contribution in [2.24, 2.45) is 0 Å². The Balaban J connectivity index is 1.22. The highest BCUT2D eigenvalue weighted by Gasteiger charge is 2.32. The van der Waals surface area contributed by atoms with Gasteiger partial charge in [-0.25, -0.2) is 5.48 Å². The maximum absolute atomic E-state index is 12.3. The van der Waals surface area contributed by atoms with Crippen LogP contribution in [0.3, 0.4) is 0 Å². The van der Waals surface area contributed by atoms with Gasteiger partial charge in [0.25, 0.3) is 0 Å². The topological polar surface area (TPSA) is 146 Å². The van der Waals surface area contributed by atoms with E-state index in [0.717, 1.165) is 44.0 Å². The zero-order valence-corrected chi connectivity index (χ0v) is 28.8. The fraction of sp³-hybridized carbons (Fsp3) is 0.308. The Morgan fingerprint density at radius 2 is 1.50 bits per heavy atom. The number of aliphatic hydroxyl groups excluding tert-OH is 1. The number of hydrogen-bond donors (Lipinski definition) is 5. The van der Waals surface area contributed by atoms with Crippen LogP contribution in [0.4, 0.5) is 5.69 Å². The van der Waals surface area contributed by atoms with E-state index in [1.807, 2.05) is 91.0 Å². The predicted molar refractivity (Wildman–Crippen MR) is 192 cm³/mol. The summed E-state index contributed by atoms with van der Waals surface area (Å²) in [6.45, 7) is 1.87. The van der Waals surface area contributed by atoms with E-state index >= 15 is 0 Å². The Morgan fingerprint density at radius 3 is 2.18 bits per heavy atom. The van der Waals surface area contributed by atoms with Crippen LogP contribution in [-0.4, -0.2) is 39.9 Å². The first-order valence-electron chi connectivity index (χ1n) is 16.7. The van der Waals surface area contributed by atoms with Gasteiger partial charge in [0.05, 0.1) is 18.8 Å². The Labute approximate surface area is 296 Å². The van der Waals surface area contributed by atoms with Gasteiger partial charge in [-0.05, 0) is 71.0 Å². The molecule has 0 aromatic heterocycles. The minimum absolute atomic E-state index is 0.0174. The Hall–Kier alpha value is -4.52. The molecule has 1 aliphatic heterocycles. The number of carbonyl (C=O) groups is 3. The lowest BCUT2D eigenvalue weighted by molar-refractivity contribution is -0.245. The van der Waals surface area contributed by atoms with Crippen molar-refractivity contribution in [2.75, 3.05) is 11.1 Å². The molecule has 0 spiro atoms. The molecule has 0 bridgehead atoms. The molecule has 3 amide bonds. The van der Waals surface area contributed by atoms with E-state index in [0.29, 0.717) is 38.0 Å². The van der Waals surface area contributed by atoms with E-state index in [-0.39, 0.29) is 37.0 Å². The minimum Gasteiger partial charge on any atom is -0.392 e. The van der Waals surface area contributed by atoms with Crippen LogP contribution in [0, 0.1) is 0 Å². The van der Waals surface area contributed by atoms with Crippen LogP contribution >= 0.6 is 11.8 Å². The van der Waals surface area contributed by atoms with Gasteiger partial charge in [0.1, 0.15) is 0 Å². The molecular formula is C39H43N3O7S. The van der Waals surface area contributed by atoms with E-state index in [4.69, 9.17) is 14.7 Å². The zero-order valence-electron chi connectivity index (χ0n) is 28.0. The number of ether oxygens (including phenoxy) is 2. The highest BCUT2D eigenvalue weighted by Crippen LogP contribution is 2.40. The number of unbranched alkanes of at least 4 members (excludes halogenated alkanes) is 1. The second kappa shape index (κ2) is 18.5. The summed E-state index contributed by atoms with van der Waals surface area (Å²) in [7, 11) is 0. The lowest BCUT2D eigenvalue weighted by atomic mass is 9.99. The number of carbonyl (C=O) groups excluding carboxylic acids is 3. The highest BCUT2D eigenvalue weighted by molar-refractivity contribution is 7.99. The molecule has 4 aromatic rings. The minimum atomic E-state index is -0.576. The molecule has 10 nitrogen and oxygen atoms in total. The largest absolute Gasteiger partial charge is 0.392 e. The van der Waals surface area contributed by atoms with E-state index in [2.05, 4.69) is 16.7 Å². The van der Waals surface area contributed by atoms with Crippen molar-refractivity contribution in [1.29, 1.82) is 0 Å². The summed E-state index contributed by atoms with van der Waals surface area (Å²) < 4.78 is 13.1. The van der Waals surface area contributed by atoms with Gasteiger partial charge in [0.2, 0.25) is 17.7 Å². The van der Waals surface area contributed by atoms with Gasteiger partial charge in [-0.1, -0.05) is 66.7 Å². The van der Waals surface area contributed by atoms with E-state index in [9.17, 15) is 19.5 Å². The van der Waals surface area contributed by atoms with Crippen LogP contribution in [0.25, 0.3) is 11.1 Å². The monoisotopic (exact) mass is 697 g/mol. The zero-order chi connectivity index (χ0) is 35.3. The molecule has 0 aliphatic carbocycles. The van der Waals surface area contributed by atoms with Crippen LogP contribution in [0.1, 0.15) is 73.7 Å². The number of anilines is 1. The van der Waals surface area contributed by atoms with Crippen molar-refractivity contribution in [2.45, 2.75) is 75.6 Å². The lowest BCUT2D eigenvalue weighted by Crippen LogP contribution is -2.31. The SMILES string of the molecule is CC(=O)Nc1ccc(SC[C@H]2C[C@@H](c3ccc(CO)cc3)O[C@@H](c3ccc(-c4cccc(CNC(=O)CCCCC(=O)NO)c4)cc3)O2)cc1. The molecule has 50 heavy (non-hydrogen) atoms. The second-order valence-corrected chi connectivity index (χ2v) is 13.3. The summed E-state index contributed by atoms with van der Waals surface area (Å²) in [6, 6.07) is 31.7. The molecular weight excluding hydrogens is 655 g/mol. The summed E-state index contributed by atoms with van der Waals surface area (Å²) in [6.07, 6.45) is 1.39. The molecule has 5 rings (SSSR count). The number of benzene rings is 4. The number of aliphatic hydroxyl groups is 1. The smallest absolute Gasteiger partial charge is 0.243 e. The quantitative estimate of drug-likeness (QED) is 0.0394. The third-order valence-electron chi connectivity index (χ3n) is 8.34. The molecule has 1 heterocycles. The predicted octanol–water partition coefficient (Wildman–Crippen LogP) is 6.82. The Morgan fingerprint density at radius 1 is 0.800 bits per heavy atom. The molecule has 3 atom stereocenters. The number of amides is 3. The van der Waals surface area contributed by atoms with E-state index < -0.39 is 12.2 Å². The van der Waals surface area contributed by atoms with Crippen LogP contribution < -0.4 is 16.1 Å². The molecule has 0 saturated carbocycles. The van der Waals surface area contributed by atoms with Crippen molar-refractivity contribution in [3.05, 3.63) is 119 Å². The van der Waals surface area contributed by atoms with Crippen molar-refractivity contribution in [3.63, 3.8) is 0 Å². The molecule has 0 unspecified atom stereocenters. The van der Waals surface area contributed by atoms with Crippen LogP contribution in [0.5, 0.6) is 0 Å². The van der Waals surface area contributed by atoms with Crippen molar-refractivity contribution >= 4 is 35.2 Å². The maximum atomic E-state index is 12.3. The normalized spacial score (nSPS) is 17.1. The molecule has 11 heteroatoms. The van der Waals surface area contributed by atoms with Crippen LogP contribution in [-0.2, 0) is 37.0 Å². The van der Waals surface area contributed by atoms with Gasteiger partial charge < -0.3 is 25.2 Å². The summed E-state index contributed by atoms with van der Waals surface area (Å²) >= 11 is 1.69. The van der Waals surface area contributed by atoms with Gasteiger partial charge >= 0.3 is 0 Å². The first-order chi connectivity index (χ1) is 24.3. The molecule has 1 aliphatic rings. The number of hydrogen-bond acceptors (Lipinski definition) is 8. The second-order valence-electron chi connectivity index (χ2n) is 12.2. The average Bonchev–Trinajstić information content (AvgIpc) is 3.15. The summed E-state index contributed by atoms with van der Waals surface area (Å²) in [4.78, 5) is 35.9. The third-order valence-corrected chi connectivity index (χ3v) is 9.48. The standard InChI is InChI=1S/C39H43N3O7S/c1-26(44)41-33-17-19-35(20-18-33)50-25-34-22-36(30-11-9-27(24-43)10-12-30)49-39(48-34)31-15-13-29(14-16-31)32-6-4-5-28(21-32)23-40-37(45)7-2-3-8-38(46)42-47/h4-6,9-21,34,36,39,43,47H,2-3,7-8,22-25H2,1H3,(H,40,45)(H,41,44)(H,42,46)/t34-,36+,39+/m1/s1. The van der Waals surface area contributed by atoms with Gasteiger partial charge in [-0.2, -0.15) is 0 Å². The average molecular weight is 698 g/mol. The van der Waals surface area contributed by atoms with Crippen LogP contribution in [0.2, 0.25) is 0 Å². The molecule has 1 fully saturated rings. The molecule has 0 radical (unpaired) electrons. The van der Waals surface area contributed by atoms with Crippen LogP contribution in [0.15, 0.2) is 102 Å². The highest BCUT2D eigenvalue weighted by atomic mass is 32.2. The number of rotatable bonds is 15. The fourth-order valence-corrected chi connectivity index (χ4v) is 6.58.